The lowest BCUT2D eigenvalue weighted by Gasteiger charge is -2.40. The number of nitrogens with zero attached hydrogens (tertiary/aromatic N) is 6. The van der Waals surface area contributed by atoms with Crippen LogP contribution in [0.25, 0.3) is 11.2 Å². The van der Waals surface area contributed by atoms with Crippen LogP contribution in [0.2, 0.25) is 0 Å². The number of methoxy groups -OCH3 is 3. The number of amides is 1. The van der Waals surface area contributed by atoms with Gasteiger partial charge in [-0.1, -0.05) is 72.8 Å². The Morgan fingerprint density at radius 3 is 1.97 bits per heavy atom. The summed E-state index contributed by atoms with van der Waals surface area (Å²) < 4.78 is 49.5. The highest BCUT2D eigenvalue weighted by atomic mass is 31.2. The van der Waals surface area contributed by atoms with Gasteiger partial charge in [0.25, 0.3) is 14.4 Å². The number of nitriles is 1. The molecule has 1 fully saturated rings. The molecule has 1 amide bonds. The van der Waals surface area contributed by atoms with Crippen LogP contribution in [0.15, 0.2) is 122 Å². The lowest BCUT2D eigenvalue weighted by atomic mass is 9.79. The number of imidazole rings is 1. The maximum atomic E-state index is 13.3. The van der Waals surface area contributed by atoms with E-state index in [9.17, 15) is 10.1 Å². The third-order valence-corrected chi connectivity index (χ3v) is 13.0. The number of ether oxygens (including phenoxy) is 5. The van der Waals surface area contributed by atoms with E-state index in [1.54, 1.807) is 56.5 Å². The summed E-state index contributed by atoms with van der Waals surface area (Å²) in [7, 11) is 3.21. The summed E-state index contributed by atoms with van der Waals surface area (Å²) in [6.07, 6.45) is -0.0894. The predicted molar refractivity (Wildman–Crippen MR) is 243 cm³/mol. The van der Waals surface area contributed by atoms with Crippen molar-refractivity contribution >= 4 is 31.4 Å². The summed E-state index contributed by atoms with van der Waals surface area (Å²) in [4.78, 5) is 27.0. The van der Waals surface area contributed by atoms with Crippen LogP contribution in [-0.4, -0.2) is 95.0 Å². The van der Waals surface area contributed by atoms with Crippen LogP contribution >= 0.6 is 8.53 Å². The van der Waals surface area contributed by atoms with Crippen molar-refractivity contribution in [3.05, 3.63) is 144 Å². The number of carbonyl (C=O) groups excluding carboxylic acids is 1. The van der Waals surface area contributed by atoms with E-state index in [2.05, 4.69) is 53.7 Å². The van der Waals surface area contributed by atoms with Crippen LogP contribution in [-0.2, 0) is 28.9 Å². The van der Waals surface area contributed by atoms with Crippen LogP contribution in [0, 0.1) is 11.3 Å². The van der Waals surface area contributed by atoms with E-state index in [1.165, 1.54) is 6.33 Å². The standard InChI is InChI=1S/C48H54N7O8P/c1-32(2)55(33(3)4)64(60-28-14-27-49)61-29-40-42(43(59-7)47(62-40)54-31-52-41-44(50-30-51-45(41)54)53-46(56)34-15-10-8-11-16-34)63-48(35-17-12-9-13-18-35,36-19-23-38(57-5)24-20-36)37-21-25-39(58-6)26-22-37/h8-13,15-26,30-33,40,42-43,47H,14,28-29H2,1-7H3,(H,50,51,53,56)/t40-,42-,43-,47-,64?/m1/s1. The fourth-order valence-electron chi connectivity index (χ4n) is 8.04. The molecule has 1 saturated heterocycles. The average molecular weight is 888 g/mol. The third-order valence-electron chi connectivity index (χ3n) is 11.0. The van der Waals surface area contributed by atoms with Crippen molar-refractivity contribution < 1.29 is 37.5 Å². The normalized spacial score (nSPS) is 18.1. The van der Waals surface area contributed by atoms with E-state index in [-0.39, 0.29) is 43.4 Å². The van der Waals surface area contributed by atoms with Crippen LogP contribution in [0.3, 0.4) is 0 Å². The monoisotopic (exact) mass is 887 g/mol. The fraction of sp³-hybridized carbons (Fsp3) is 0.354. The smallest absolute Gasteiger partial charge is 0.259 e. The first-order valence-electron chi connectivity index (χ1n) is 21.1. The molecule has 1 aliphatic rings. The van der Waals surface area contributed by atoms with Crippen molar-refractivity contribution in [2.24, 2.45) is 0 Å². The third kappa shape index (κ3) is 9.79. The minimum absolute atomic E-state index is 0.0192. The molecular formula is C48H54N7O8P. The van der Waals surface area contributed by atoms with Crippen molar-refractivity contribution in [1.82, 2.24) is 24.2 Å². The molecule has 0 bridgehead atoms. The first kappa shape index (κ1) is 46.2. The lowest BCUT2D eigenvalue weighted by Crippen LogP contribution is -2.46. The zero-order chi connectivity index (χ0) is 45.2. The van der Waals surface area contributed by atoms with Gasteiger partial charge in [0.05, 0.1) is 46.3 Å². The van der Waals surface area contributed by atoms with Gasteiger partial charge in [-0.2, -0.15) is 5.26 Å². The minimum Gasteiger partial charge on any atom is -0.497 e. The summed E-state index contributed by atoms with van der Waals surface area (Å²) in [6, 6.07) is 36.8. The van der Waals surface area contributed by atoms with Crippen LogP contribution in [0.4, 0.5) is 5.82 Å². The van der Waals surface area contributed by atoms with Gasteiger partial charge in [0.2, 0.25) is 0 Å². The van der Waals surface area contributed by atoms with Gasteiger partial charge in [0.15, 0.2) is 23.2 Å². The maximum Gasteiger partial charge on any atom is 0.259 e. The molecule has 334 valence electrons. The summed E-state index contributed by atoms with van der Waals surface area (Å²) >= 11 is 0. The van der Waals surface area contributed by atoms with Gasteiger partial charge < -0.3 is 38.0 Å². The highest BCUT2D eigenvalue weighted by Crippen LogP contribution is 2.50. The molecule has 0 aliphatic carbocycles. The van der Waals surface area contributed by atoms with Gasteiger partial charge in [0, 0.05) is 24.8 Å². The Balaban J connectivity index is 1.36. The molecule has 64 heavy (non-hydrogen) atoms. The quantitative estimate of drug-likeness (QED) is 0.0440. The molecule has 2 aromatic heterocycles. The number of carbonyl (C=O) groups is 1. The van der Waals surface area contributed by atoms with E-state index in [4.69, 9.17) is 37.7 Å². The van der Waals surface area contributed by atoms with Crippen molar-refractivity contribution in [3.63, 3.8) is 0 Å². The molecule has 15 nitrogen and oxygen atoms in total. The van der Waals surface area contributed by atoms with Crippen molar-refractivity contribution in [2.45, 2.75) is 76.3 Å². The second-order valence-corrected chi connectivity index (χ2v) is 17.0. The number of anilines is 1. The summed E-state index contributed by atoms with van der Waals surface area (Å²) in [6.45, 7) is 8.56. The molecule has 1 N–H and O–H groups in total. The highest BCUT2D eigenvalue weighted by molar-refractivity contribution is 7.44. The fourth-order valence-corrected chi connectivity index (χ4v) is 9.66. The molecular weight excluding hydrogens is 834 g/mol. The lowest BCUT2D eigenvalue weighted by molar-refractivity contribution is -0.117. The molecule has 1 aliphatic heterocycles. The summed E-state index contributed by atoms with van der Waals surface area (Å²) in [5, 5.41) is 12.3. The van der Waals surface area contributed by atoms with Gasteiger partial charge >= 0.3 is 0 Å². The van der Waals surface area contributed by atoms with Crippen LogP contribution in [0.5, 0.6) is 11.5 Å². The number of nitrogens with one attached hydrogen (secondary N) is 1. The second kappa shape index (κ2) is 21.2. The van der Waals surface area contributed by atoms with E-state index < -0.39 is 38.7 Å². The Morgan fingerprint density at radius 1 is 0.812 bits per heavy atom. The largest absolute Gasteiger partial charge is 0.497 e. The molecule has 1 unspecified atom stereocenters. The van der Waals surface area contributed by atoms with E-state index >= 15 is 0 Å². The molecule has 5 atom stereocenters. The Labute approximate surface area is 375 Å². The molecule has 0 spiro atoms. The van der Waals surface area contributed by atoms with Gasteiger partial charge in [-0.15, -0.1) is 0 Å². The molecule has 3 heterocycles. The van der Waals surface area contributed by atoms with Gasteiger partial charge in [-0.3, -0.25) is 9.36 Å². The van der Waals surface area contributed by atoms with Crippen molar-refractivity contribution in [3.8, 4) is 17.6 Å². The summed E-state index contributed by atoms with van der Waals surface area (Å²) in [5.74, 6) is 1.27. The number of hydrogen-bond donors (Lipinski definition) is 1. The minimum atomic E-state index is -1.67. The molecule has 0 radical (unpaired) electrons. The average Bonchev–Trinajstić information content (AvgIpc) is 3.91. The Kier molecular flexibility index (Phi) is 15.3. The molecule has 16 heteroatoms. The molecule has 0 saturated carbocycles. The van der Waals surface area contributed by atoms with E-state index in [1.807, 2.05) is 84.9 Å². The van der Waals surface area contributed by atoms with Crippen molar-refractivity contribution in [2.75, 3.05) is 39.9 Å². The first-order chi connectivity index (χ1) is 31.1. The van der Waals surface area contributed by atoms with E-state index in [0.717, 1.165) is 16.7 Å². The topological polar surface area (TPSA) is 164 Å². The Morgan fingerprint density at radius 2 is 1.41 bits per heavy atom. The Hall–Kier alpha value is -5.82. The number of fused-ring (bicyclic) bond motifs is 1. The highest BCUT2D eigenvalue weighted by Gasteiger charge is 2.53. The first-order valence-corrected chi connectivity index (χ1v) is 22.2. The van der Waals surface area contributed by atoms with Gasteiger partial charge in [-0.25, -0.2) is 19.6 Å². The summed E-state index contributed by atoms with van der Waals surface area (Å²) in [5.41, 5.74) is 2.44. The second-order valence-electron chi connectivity index (χ2n) is 15.6. The number of aromatic nitrogens is 4. The van der Waals surface area contributed by atoms with Gasteiger partial charge in [-0.05, 0) is 80.8 Å². The SMILES string of the molecule is COc1ccc(C(O[C@H]2[C@@H](OC)[C@H](n3cnc4c(NC(=O)c5ccccc5)ncnc43)O[C@@H]2COP(OCCC#N)N(C(C)C)C(C)C)(c2ccccc2)c2ccc(OC)cc2)cc1. The van der Waals surface area contributed by atoms with Crippen LogP contribution < -0.4 is 14.8 Å². The zero-order valence-corrected chi connectivity index (χ0v) is 37.9. The zero-order valence-electron chi connectivity index (χ0n) is 37.0. The number of hydrogen-bond acceptors (Lipinski definition) is 13. The number of benzene rings is 4. The maximum absolute atomic E-state index is 13.3. The van der Waals surface area contributed by atoms with E-state index in [0.29, 0.717) is 28.2 Å². The molecule has 7 rings (SSSR count). The molecule has 6 aromatic rings. The molecule has 4 aromatic carbocycles. The predicted octanol–water partition coefficient (Wildman–Crippen LogP) is 8.68. The Bertz CT molecular complexity index is 2410. The van der Waals surface area contributed by atoms with Gasteiger partial charge in [0.1, 0.15) is 41.7 Å². The van der Waals surface area contributed by atoms with Crippen molar-refractivity contribution in [1.29, 1.82) is 5.26 Å². The van der Waals surface area contributed by atoms with Crippen LogP contribution in [0.1, 0.15) is 67.4 Å². The number of rotatable bonds is 20.